The van der Waals surface area contributed by atoms with Gasteiger partial charge in [-0.1, -0.05) is 11.3 Å². The maximum atomic E-state index is 12.5. The molecule has 0 aliphatic heterocycles. The van der Waals surface area contributed by atoms with Crippen molar-refractivity contribution in [2.75, 3.05) is 11.1 Å². The number of H-pyrrole nitrogens is 1. The molecular weight excluding hydrogens is 430 g/mol. The van der Waals surface area contributed by atoms with E-state index < -0.39 is 5.91 Å². The molecule has 3 heterocycles. The smallest absolute Gasteiger partial charge is 0.259 e. The van der Waals surface area contributed by atoms with Gasteiger partial charge in [-0.15, -0.1) is 23.1 Å². The summed E-state index contributed by atoms with van der Waals surface area (Å²) in [6.45, 7) is 1.82. The zero-order chi connectivity index (χ0) is 20.5. The summed E-state index contributed by atoms with van der Waals surface area (Å²) in [5.41, 5.74) is 6.94. The van der Waals surface area contributed by atoms with E-state index in [1.54, 1.807) is 11.3 Å². The number of fused-ring (bicyclic) bond motifs is 3. The van der Waals surface area contributed by atoms with E-state index in [-0.39, 0.29) is 23.6 Å². The number of aryl methyl sites for hydroxylation is 4. The van der Waals surface area contributed by atoms with Crippen molar-refractivity contribution in [1.29, 1.82) is 0 Å². The quantitative estimate of drug-likeness (QED) is 0.475. The minimum absolute atomic E-state index is 0.114. The topological polar surface area (TPSA) is 131 Å². The van der Waals surface area contributed by atoms with E-state index in [2.05, 4.69) is 20.3 Å². The molecule has 0 radical (unpaired) electrons. The molecule has 29 heavy (non-hydrogen) atoms. The van der Waals surface area contributed by atoms with Crippen molar-refractivity contribution < 1.29 is 9.59 Å². The molecule has 3 aromatic heterocycles. The van der Waals surface area contributed by atoms with E-state index in [9.17, 15) is 14.4 Å². The van der Waals surface area contributed by atoms with Crippen LogP contribution in [-0.4, -0.2) is 32.5 Å². The van der Waals surface area contributed by atoms with Gasteiger partial charge >= 0.3 is 0 Å². The summed E-state index contributed by atoms with van der Waals surface area (Å²) in [4.78, 5) is 49.4. The van der Waals surface area contributed by atoms with Crippen molar-refractivity contribution in [2.24, 2.45) is 5.73 Å². The number of aromatic amines is 1. The van der Waals surface area contributed by atoms with Gasteiger partial charge in [0.05, 0.1) is 21.0 Å². The summed E-state index contributed by atoms with van der Waals surface area (Å²) in [6.07, 6.45) is 3.57. The molecule has 3 aromatic rings. The average Bonchev–Trinajstić information content (AvgIpc) is 3.32. The van der Waals surface area contributed by atoms with E-state index in [0.717, 1.165) is 44.9 Å². The highest BCUT2D eigenvalue weighted by Crippen LogP contribution is 2.34. The Bertz CT molecular complexity index is 1160. The number of amides is 2. The molecule has 0 saturated heterocycles. The van der Waals surface area contributed by atoms with Crippen molar-refractivity contribution in [2.45, 2.75) is 43.2 Å². The Morgan fingerprint density at radius 3 is 2.90 bits per heavy atom. The van der Waals surface area contributed by atoms with Gasteiger partial charge in [-0.2, -0.15) is 0 Å². The molecule has 8 nitrogen and oxygen atoms in total. The van der Waals surface area contributed by atoms with E-state index >= 15 is 0 Å². The molecule has 1 aliphatic carbocycles. The maximum absolute atomic E-state index is 12.5. The van der Waals surface area contributed by atoms with Crippen molar-refractivity contribution in [1.82, 2.24) is 15.0 Å². The molecule has 4 N–H and O–H groups in total. The molecule has 11 heteroatoms. The number of thiophene rings is 1. The molecule has 0 fully saturated rings. The maximum Gasteiger partial charge on any atom is 0.259 e. The second kappa shape index (κ2) is 8.25. The number of nitrogens with zero attached hydrogens (tertiary/aromatic N) is 2. The van der Waals surface area contributed by atoms with Crippen LogP contribution >= 0.6 is 34.4 Å². The van der Waals surface area contributed by atoms with E-state index in [1.165, 1.54) is 28.0 Å². The number of thioether (sulfide) groups is 1. The van der Waals surface area contributed by atoms with Crippen molar-refractivity contribution in [3.63, 3.8) is 0 Å². The standard InChI is InChI=1S/C18H19N5O3S3/c1-8-17(27-7-11(19)24)29-18(20-8)23-13(25)6-5-12-21-15(26)14-9-3-2-4-10(9)28-16(14)22-12/h2-7H2,1H3,(H2,19,24)(H,20,23,25)(H,21,22,26). The van der Waals surface area contributed by atoms with Crippen molar-refractivity contribution in [3.05, 3.63) is 32.3 Å². The van der Waals surface area contributed by atoms with Gasteiger partial charge in [-0.25, -0.2) is 9.97 Å². The van der Waals surface area contributed by atoms with Crippen molar-refractivity contribution in [3.8, 4) is 0 Å². The Labute approximate surface area is 178 Å². The van der Waals surface area contributed by atoms with E-state index in [4.69, 9.17) is 5.73 Å². The van der Waals surface area contributed by atoms with E-state index in [0.29, 0.717) is 17.4 Å². The van der Waals surface area contributed by atoms with Gasteiger partial charge in [0.25, 0.3) is 5.56 Å². The van der Waals surface area contributed by atoms with Gasteiger partial charge in [-0.05, 0) is 31.7 Å². The largest absolute Gasteiger partial charge is 0.369 e. The van der Waals surface area contributed by atoms with Crippen LogP contribution in [0.15, 0.2) is 9.00 Å². The molecule has 1 aliphatic rings. The molecule has 152 valence electrons. The lowest BCUT2D eigenvalue weighted by atomic mass is 10.2. The van der Waals surface area contributed by atoms with Gasteiger partial charge in [0.2, 0.25) is 11.8 Å². The first-order valence-electron chi connectivity index (χ1n) is 9.12. The lowest BCUT2D eigenvalue weighted by molar-refractivity contribution is -0.116. The first-order valence-corrected chi connectivity index (χ1v) is 11.7. The molecule has 0 saturated carbocycles. The SMILES string of the molecule is Cc1nc(NC(=O)CCc2nc3sc4c(c3c(=O)[nH]2)CCC4)sc1SCC(N)=O. The fourth-order valence-corrected chi connectivity index (χ4v) is 6.46. The van der Waals surface area contributed by atoms with Gasteiger partial charge in [-0.3, -0.25) is 14.4 Å². The van der Waals surface area contributed by atoms with Crippen LogP contribution in [-0.2, 0) is 28.9 Å². The van der Waals surface area contributed by atoms with E-state index in [1.807, 2.05) is 6.92 Å². The van der Waals surface area contributed by atoms with Gasteiger partial charge in [0.15, 0.2) is 5.13 Å². The predicted molar refractivity (Wildman–Crippen MR) is 116 cm³/mol. The third-order valence-electron chi connectivity index (χ3n) is 4.56. The van der Waals surface area contributed by atoms with Crippen molar-refractivity contribution >= 4 is 61.6 Å². The number of nitrogens with two attached hydrogens (primary N) is 1. The Balaban J connectivity index is 1.39. The van der Waals surface area contributed by atoms with Crippen LogP contribution < -0.4 is 16.6 Å². The zero-order valence-corrected chi connectivity index (χ0v) is 18.1. The first kappa shape index (κ1) is 20.0. The summed E-state index contributed by atoms with van der Waals surface area (Å²) in [5.74, 6) is 0.0828. The Morgan fingerprint density at radius 2 is 2.10 bits per heavy atom. The fourth-order valence-electron chi connectivity index (χ4n) is 3.29. The molecule has 0 atom stereocenters. The second-order valence-corrected chi connectivity index (χ2v) is 10.1. The second-order valence-electron chi connectivity index (χ2n) is 6.75. The van der Waals surface area contributed by atoms with Crippen LogP contribution in [0, 0.1) is 6.92 Å². The lowest BCUT2D eigenvalue weighted by Gasteiger charge is -2.02. The third kappa shape index (κ3) is 4.36. The van der Waals surface area contributed by atoms with Gasteiger partial charge < -0.3 is 16.0 Å². The minimum atomic E-state index is -0.400. The minimum Gasteiger partial charge on any atom is -0.369 e. The van der Waals surface area contributed by atoms with Gasteiger partial charge in [0.1, 0.15) is 10.7 Å². The van der Waals surface area contributed by atoms with Crippen LogP contribution in [0.2, 0.25) is 0 Å². The molecule has 0 aromatic carbocycles. The number of carbonyl (C=O) groups excluding carboxylic acids is 2. The number of nitrogens with one attached hydrogen (secondary N) is 2. The average molecular weight is 450 g/mol. The number of hydrogen-bond acceptors (Lipinski definition) is 8. The highest BCUT2D eigenvalue weighted by molar-refractivity contribution is 8.01. The number of thiazole rings is 1. The highest BCUT2D eigenvalue weighted by Gasteiger charge is 2.21. The van der Waals surface area contributed by atoms with Crippen LogP contribution in [0.25, 0.3) is 10.2 Å². The highest BCUT2D eigenvalue weighted by atomic mass is 32.2. The molecular formula is C18H19N5O3S3. The normalized spacial score (nSPS) is 13.0. The number of primary amides is 1. The lowest BCUT2D eigenvalue weighted by Crippen LogP contribution is -2.16. The molecule has 0 bridgehead atoms. The number of carbonyl (C=O) groups is 2. The number of aromatic nitrogens is 3. The zero-order valence-electron chi connectivity index (χ0n) is 15.7. The summed E-state index contributed by atoms with van der Waals surface area (Å²) in [7, 11) is 0. The monoisotopic (exact) mass is 449 g/mol. The Kier molecular flexibility index (Phi) is 5.70. The predicted octanol–water partition coefficient (Wildman–Crippen LogP) is 2.39. The molecule has 4 rings (SSSR count). The van der Waals surface area contributed by atoms with Crippen LogP contribution in [0.3, 0.4) is 0 Å². The third-order valence-corrected chi connectivity index (χ3v) is 8.20. The molecule has 2 amide bonds. The summed E-state index contributed by atoms with van der Waals surface area (Å²) in [6, 6.07) is 0. The summed E-state index contributed by atoms with van der Waals surface area (Å²) in [5, 5.41) is 3.96. The number of anilines is 1. The Morgan fingerprint density at radius 1 is 1.28 bits per heavy atom. The summed E-state index contributed by atoms with van der Waals surface area (Å²) < 4.78 is 0.848. The fraction of sp³-hybridized carbons (Fsp3) is 0.389. The van der Waals surface area contributed by atoms with Crippen LogP contribution in [0.1, 0.15) is 34.8 Å². The Hall–Kier alpha value is -2.24. The number of hydrogen-bond donors (Lipinski definition) is 3. The van der Waals surface area contributed by atoms with Crippen LogP contribution in [0.5, 0.6) is 0 Å². The first-order chi connectivity index (χ1) is 13.9. The molecule has 0 spiro atoms. The summed E-state index contributed by atoms with van der Waals surface area (Å²) >= 11 is 4.20. The number of rotatable bonds is 7. The van der Waals surface area contributed by atoms with Gasteiger partial charge in [0, 0.05) is 17.7 Å². The van der Waals surface area contributed by atoms with Crippen LogP contribution in [0.4, 0.5) is 5.13 Å². The molecule has 0 unspecified atom stereocenters.